The number of aromatic nitrogens is 2. The van der Waals surface area contributed by atoms with Crippen molar-refractivity contribution in [3.05, 3.63) is 63.7 Å². The first-order valence-electron chi connectivity index (χ1n) is 5.91. The van der Waals surface area contributed by atoms with Gasteiger partial charge in [0.1, 0.15) is 5.02 Å². The highest BCUT2D eigenvalue weighted by molar-refractivity contribution is 6.30. The van der Waals surface area contributed by atoms with Crippen LogP contribution < -0.4 is 10.9 Å². The second-order valence-corrected chi connectivity index (χ2v) is 4.67. The minimum atomic E-state index is -0.421. The van der Waals surface area contributed by atoms with Gasteiger partial charge in [-0.3, -0.25) is 9.59 Å². The van der Waals surface area contributed by atoms with Gasteiger partial charge in [0.05, 0.1) is 11.3 Å². The molecule has 3 aromatic rings. The van der Waals surface area contributed by atoms with Crippen LogP contribution in [-0.2, 0) is 0 Å². The number of anilines is 1. The normalized spacial score (nSPS) is 10.7. The van der Waals surface area contributed by atoms with Crippen LogP contribution in [0.15, 0.2) is 47.5 Å². The number of fused-ring (bicyclic) bond motifs is 1. The molecule has 2 heterocycles. The van der Waals surface area contributed by atoms with Gasteiger partial charge in [-0.15, -0.1) is 0 Å². The molecule has 0 spiro atoms. The van der Waals surface area contributed by atoms with Gasteiger partial charge in [-0.25, -0.2) is 0 Å². The van der Waals surface area contributed by atoms with E-state index in [1.807, 2.05) is 24.3 Å². The molecule has 6 heteroatoms. The molecule has 0 atom stereocenters. The number of nitrogens with one attached hydrogen (secondary N) is 3. The number of para-hydroxylation sites is 1. The van der Waals surface area contributed by atoms with Crippen molar-refractivity contribution in [1.29, 1.82) is 0 Å². The van der Waals surface area contributed by atoms with Gasteiger partial charge in [-0.2, -0.15) is 0 Å². The van der Waals surface area contributed by atoms with Crippen LogP contribution in [0.1, 0.15) is 10.4 Å². The van der Waals surface area contributed by atoms with Crippen molar-refractivity contribution in [3.63, 3.8) is 0 Å². The summed E-state index contributed by atoms with van der Waals surface area (Å²) in [6, 6.07) is 8.96. The van der Waals surface area contributed by atoms with Crippen LogP contribution in [0.5, 0.6) is 0 Å². The number of pyridine rings is 1. The summed E-state index contributed by atoms with van der Waals surface area (Å²) >= 11 is 5.70. The minimum Gasteiger partial charge on any atom is -0.359 e. The van der Waals surface area contributed by atoms with Crippen molar-refractivity contribution in [2.24, 2.45) is 0 Å². The zero-order valence-electron chi connectivity index (χ0n) is 10.2. The average Bonchev–Trinajstić information content (AvgIpc) is 2.85. The number of halogens is 1. The summed E-state index contributed by atoms with van der Waals surface area (Å²) in [4.78, 5) is 28.8. The van der Waals surface area contributed by atoms with E-state index in [1.165, 1.54) is 12.3 Å². The molecule has 0 bridgehead atoms. The van der Waals surface area contributed by atoms with E-state index < -0.39 is 5.56 Å². The Morgan fingerprint density at radius 1 is 1.15 bits per heavy atom. The van der Waals surface area contributed by atoms with E-state index in [0.29, 0.717) is 11.3 Å². The molecule has 100 valence electrons. The summed E-state index contributed by atoms with van der Waals surface area (Å²) in [5.74, 6) is -0.340. The monoisotopic (exact) mass is 287 g/mol. The first-order chi connectivity index (χ1) is 9.65. The molecule has 0 saturated carbocycles. The van der Waals surface area contributed by atoms with E-state index in [4.69, 9.17) is 11.6 Å². The zero-order valence-corrected chi connectivity index (χ0v) is 11.0. The number of hydrogen-bond acceptors (Lipinski definition) is 2. The van der Waals surface area contributed by atoms with Crippen LogP contribution in [0, 0.1) is 0 Å². The molecular formula is C14H10ClN3O2. The van der Waals surface area contributed by atoms with Crippen molar-refractivity contribution >= 4 is 34.1 Å². The Bertz CT molecular complexity index is 851. The fraction of sp³-hybridized carbons (Fsp3) is 0. The van der Waals surface area contributed by atoms with Crippen molar-refractivity contribution in [2.45, 2.75) is 0 Å². The third-order valence-corrected chi connectivity index (χ3v) is 3.24. The summed E-state index contributed by atoms with van der Waals surface area (Å²) in [6.45, 7) is 0. The lowest BCUT2D eigenvalue weighted by Crippen LogP contribution is -2.15. The second-order valence-electron chi connectivity index (χ2n) is 4.27. The smallest absolute Gasteiger partial charge is 0.266 e. The molecule has 0 saturated heterocycles. The van der Waals surface area contributed by atoms with E-state index in [0.717, 1.165) is 10.9 Å². The molecule has 3 N–H and O–H groups in total. The number of benzene rings is 1. The highest BCUT2D eigenvalue weighted by atomic mass is 35.5. The summed E-state index contributed by atoms with van der Waals surface area (Å²) in [6.07, 6.45) is 3.05. The molecule has 1 aromatic carbocycles. The van der Waals surface area contributed by atoms with E-state index >= 15 is 0 Å². The van der Waals surface area contributed by atoms with E-state index in [2.05, 4.69) is 15.3 Å². The van der Waals surface area contributed by atoms with E-state index in [1.54, 1.807) is 6.20 Å². The SMILES string of the molecule is O=C(Nc1c[nH]c2ccccc12)c1c[nH]c(=O)c(Cl)c1. The lowest BCUT2D eigenvalue weighted by molar-refractivity contribution is 0.102. The number of aromatic amines is 2. The first-order valence-corrected chi connectivity index (χ1v) is 6.28. The molecule has 0 fully saturated rings. The van der Waals surface area contributed by atoms with E-state index in [9.17, 15) is 9.59 Å². The average molecular weight is 288 g/mol. The Kier molecular flexibility index (Phi) is 3.04. The van der Waals surface area contributed by atoms with Gasteiger partial charge in [0.15, 0.2) is 0 Å². The van der Waals surface area contributed by atoms with Gasteiger partial charge in [-0.1, -0.05) is 29.8 Å². The second kappa shape index (κ2) is 4.86. The predicted molar refractivity (Wildman–Crippen MR) is 78.3 cm³/mol. The summed E-state index contributed by atoms with van der Waals surface area (Å²) in [7, 11) is 0. The number of hydrogen-bond donors (Lipinski definition) is 3. The molecule has 0 aliphatic rings. The number of rotatable bonds is 2. The maximum absolute atomic E-state index is 12.1. The maximum atomic E-state index is 12.1. The van der Waals surface area contributed by atoms with Crippen molar-refractivity contribution in [3.8, 4) is 0 Å². The van der Waals surface area contributed by atoms with Gasteiger partial charge in [0.2, 0.25) is 0 Å². The molecule has 1 amide bonds. The van der Waals surface area contributed by atoms with Crippen molar-refractivity contribution < 1.29 is 4.79 Å². The third kappa shape index (κ3) is 2.19. The topological polar surface area (TPSA) is 77.8 Å². The summed E-state index contributed by atoms with van der Waals surface area (Å²) < 4.78 is 0. The Balaban J connectivity index is 1.92. The Hall–Kier alpha value is -2.53. The maximum Gasteiger partial charge on any atom is 0.266 e. The number of carbonyl (C=O) groups excluding carboxylic acids is 1. The summed E-state index contributed by atoms with van der Waals surface area (Å²) in [5.41, 5.74) is 1.48. The van der Waals surface area contributed by atoms with Crippen LogP contribution >= 0.6 is 11.6 Å². The number of H-pyrrole nitrogens is 2. The largest absolute Gasteiger partial charge is 0.359 e. The van der Waals surface area contributed by atoms with E-state index in [-0.39, 0.29) is 10.9 Å². The lowest BCUT2D eigenvalue weighted by atomic mass is 10.2. The summed E-state index contributed by atoms with van der Waals surface area (Å²) in [5, 5.41) is 3.67. The van der Waals surface area contributed by atoms with Crippen LogP contribution in [0.3, 0.4) is 0 Å². The highest BCUT2D eigenvalue weighted by Gasteiger charge is 2.11. The molecule has 3 rings (SSSR count). The third-order valence-electron chi connectivity index (χ3n) is 2.96. The lowest BCUT2D eigenvalue weighted by Gasteiger charge is -2.04. The molecule has 0 aliphatic carbocycles. The molecular weight excluding hydrogens is 278 g/mol. The number of amides is 1. The number of carbonyl (C=O) groups is 1. The molecule has 5 nitrogen and oxygen atoms in total. The van der Waals surface area contributed by atoms with Gasteiger partial charge >= 0.3 is 0 Å². The fourth-order valence-electron chi connectivity index (χ4n) is 1.96. The molecule has 2 aromatic heterocycles. The minimum absolute atomic E-state index is 0.0171. The van der Waals surface area contributed by atoms with Crippen LogP contribution in [0.25, 0.3) is 10.9 Å². The zero-order chi connectivity index (χ0) is 14.1. The highest BCUT2D eigenvalue weighted by Crippen LogP contribution is 2.23. The molecule has 0 unspecified atom stereocenters. The van der Waals surface area contributed by atoms with Gasteiger partial charge in [0.25, 0.3) is 11.5 Å². The molecule has 0 radical (unpaired) electrons. The van der Waals surface area contributed by atoms with Crippen LogP contribution in [-0.4, -0.2) is 15.9 Å². The van der Waals surface area contributed by atoms with Crippen LogP contribution in [0.4, 0.5) is 5.69 Å². The molecule has 20 heavy (non-hydrogen) atoms. The quantitative estimate of drug-likeness (QED) is 0.678. The Morgan fingerprint density at radius 3 is 2.75 bits per heavy atom. The fourth-order valence-corrected chi connectivity index (χ4v) is 2.13. The van der Waals surface area contributed by atoms with Gasteiger partial charge in [0, 0.05) is 23.3 Å². The standard InChI is InChI=1S/C14H10ClN3O2/c15-10-5-8(6-17-14(10)20)13(19)18-12-7-16-11-4-2-1-3-9(11)12/h1-7,16H,(H,17,20)(H,18,19). The predicted octanol–water partition coefficient (Wildman–Crippen LogP) is 2.76. The van der Waals surface area contributed by atoms with Gasteiger partial charge in [-0.05, 0) is 12.1 Å². The van der Waals surface area contributed by atoms with Crippen LogP contribution in [0.2, 0.25) is 5.02 Å². The Labute approximate surface area is 118 Å². The molecule has 0 aliphatic heterocycles. The van der Waals surface area contributed by atoms with Crippen molar-refractivity contribution in [2.75, 3.05) is 5.32 Å². The van der Waals surface area contributed by atoms with Gasteiger partial charge < -0.3 is 15.3 Å². The first kappa shape index (κ1) is 12.5. The Morgan fingerprint density at radius 2 is 1.95 bits per heavy atom. The van der Waals surface area contributed by atoms with Crippen molar-refractivity contribution in [1.82, 2.24) is 9.97 Å².